The standard InChI is InChI=1S/C14H16F5NO3/c1-8(20-12(21)13(15,16)14(17,18)19)7-9-10(22-2)5-4-6-11(9)23-3/h4-6,8H,7H2,1-3H3,(H,20,21). The van der Waals surface area contributed by atoms with Gasteiger partial charge in [-0.05, 0) is 25.5 Å². The summed E-state index contributed by atoms with van der Waals surface area (Å²) in [5.74, 6) is -7.11. The first-order valence-electron chi connectivity index (χ1n) is 6.50. The molecular weight excluding hydrogens is 325 g/mol. The van der Waals surface area contributed by atoms with E-state index in [-0.39, 0.29) is 6.42 Å². The van der Waals surface area contributed by atoms with Crippen molar-refractivity contribution < 1.29 is 36.2 Å². The van der Waals surface area contributed by atoms with Crippen molar-refractivity contribution in [1.29, 1.82) is 0 Å². The van der Waals surface area contributed by atoms with Gasteiger partial charge < -0.3 is 14.8 Å². The van der Waals surface area contributed by atoms with Gasteiger partial charge in [0.05, 0.1) is 14.2 Å². The van der Waals surface area contributed by atoms with E-state index in [4.69, 9.17) is 9.47 Å². The van der Waals surface area contributed by atoms with E-state index >= 15 is 0 Å². The van der Waals surface area contributed by atoms with Crippen LogP contribution in [-0.2, 0) is 11.2 Å². The number of methoxy groups -OCH3 is 2. The van der Waals surface area contributed by atoms with Gasteiger partial charge >= 0.3 is 18.0 Å². The summed E-state index contributed by atoms with van der Waals surface area (Å²) in [6.07, 6.45) is -5.99. The number of hydrogen-bond acceptors (Lipinski definition) is 3. The lowest BCUT2D eigenvalue weighted by molar-refractivity contribution is -0.270. The van der Waals surface area contributed by atoms with Gasteiger partial charge in [0.15, 0.2) is 0 Å². The van der Waals surface area contributed by atoms with E-state index in [0.717, 1.165) is 0 Å². The molecule has 130 valence electrons. The fraction of sp³-hybridized carbons (Fsp3) is 0.500. The third kappa shape index (κ3) is 4.23. The molecule has 0 heterocycles. The minimum absolute atomic E-state index is 0.0487. The quantitative estimate of drug-likeness (QED) is 0.810. The van der Waals surface area contributed by atoms with Crippen LogP contribution >= 0.6 is 0 Å². The monoisotopic (exact) mass is 341 g/mol. The molecule has 0 aliphatic heterocycles. The molecule has 0 radical (unpaired) electrons. The summed E-state index contributed by atoms with van der Waals surface area (Å²) in [5.41, 5.74) is 0.445. The topological polar surface area (TPSA) is 47.6 Å². The minimum atomic E-state index is -5.95. The lowest BCUT2D eigenvalue weighted by atomic mass is 10.0. The molecule has 0 aliphatic rings. The molecule has 0 fully saturated rings. The summed E-state index contributed by atoms with van der Waals surface area (Å²) >= 11 is 0. The Kier molecular flexibility index (Phi) is 5.79. The zero-order chi connectivity index (χ0) is 17.8. The number of carbonyl (C=O) groups excluding carboxylic acids is 1. The Morgan fingerprint density at radius 1 is 1.13 bits per heavy atom. The average molecular weight is 341 g/mol. The maximum Gasteiger partial charge on any atom is 0.463 e. The molecule has 1 amide bonds. The van der Waals surface area contributed by atoms with Gasteiger partial charge in [-0.15, -0.1) is 0 Å². The van der Waals surface area contributed by atoms with E-state index in [2.05, 4.69) is 0 Å². The SMILES string of the molecule is COc1cccc(OC)c1CC(C)NC(=O)C(F)(F)C(F)(F)F. The molecule has 9 heteroatoms. The van der Waals surface area contributed by atoms with Crippen LogP contribution < -0.4 is 14.8 Å². The Morgan fingerprint density at radius 3 is 2.00 bits per heavy atom. The summed E-state index contributed by atoms with van der Waals surface area (Å²) in [7, 11) is 2.75. The Balaban J connectivity index is 2.90. The highest BCUT2D eigenvalue weighted by molar-refractivity contribution is 5.84. The number of ether oxygens (including phenoxy) is 2. The lowest BCUT2D eigenvalue weighted by Gasteiger charge is -2.22. The maximum atomic E-state index is 12.9. The van der Waals surface area contributed by atoms with Gasteiger partial charge in [0.2, 0.25) is 0 Å². The number of carbonyl (C=O) groups is 1. The van der Waals surface area contributed by atoms with Gasteiger partial charge in [-0.25, -0.2) is 0 Å². The second kappa shape index (κ2) is 7.01. The van der Waals surface area contributed by atoms with Crippen molar-refractivity contribution in [3.05, 3.63) is 23.8 Å². The van der Waals surface area contributed by atoms with Crippen LogP contribution in [-0.4, -0.2) is 38.3 Å². The number of alkyl halides is 5. The zero-order valence-electron chi connectivity index (χ0n) is 12.6. The highest BCUT2D eigenvalue weighted by atomic mass is 19.4. The van der Waals surface area contributed by atoms with Crippen molar-refractivity contribution in [2.75, 3.05) is 14.2 Å². The van der Waals surface area contributed by atoms with Crippen LogP contribution in [0.1, 0.15) is 12.5 Å². The molecular formula is C14H16F5NO3. The predicted octanol–water partition coefficient (Wildman–Crippen LogP) is 2.95. The largest absolute Gasteiger partial charge is 0.496 e. The number of hydrogen-bond donors (Lipinski definition) is 1. The van der Waals surface area contributed by atoms with Gasteiger partial charge in [0.1, 0.15) is 11.5 Å². The van der Waals surface area contributed by atoms with E-state index in [1.165, 1.54) is 21.1 Å². The Hall–Kier alpha value is -2.06. The lowest BCUT2D eigenvalue weighted by Crippen LogP contribution is -2.52. The van der Waals surface area contributed by atoms with Gasteiger partial charge in [-0.1, -0.05) is 6.07 Å². The van der Waals surface area contributed by atoms with Crippen LogP contribution in [0.2, 0.25) is 0 Å². The molecule has 0 bridgehead atoms. The first-order chi connectivity index (χ1) is 10.5. The van der Waals surface area contributed by atoms with Crippen LogP contribution in [0.15, 0.2) is 18.2 Å². The van der Waals surface area contributed by atoms with E-state index in [1.807, 2.05) is 0 Å². The average Bonchev–Trinajstić information content (AvgIpc) is 2.45. The van der Waals surface area contributed by atoms with E-state index in [1.54, 1.807) is 23.5 Å². The third-order valence-electron chi connectivity index (χ3n) is 3.06. The molecule has 0 aromatic heterocycles. The molecule has 0 saturated carbocycles. The molecule has 1 aromatic rings. The summed E-state index contributed by atoms with van der Waals surface area (Å²) in [6, 6.07) is 3.79. The highest BCUT2D eigenvalue weighted by Crippen LogP contribution is 2.36. The molecule has 1 unspecified atom stereocenters. The smallest absolute Gasteiger partial charge is 0.463 e. The number of amides is 1. The van der Waals surface area contributed by atoms with Gasteiger partial charge in [0, 0.05) is 11.6 Å². The molecule has 0 saturated heterocycles. The summed E-state index contributed by atoms with van der Waals surface area (Å²) < 4.78 is 72.5. The Labute approximate surface area is 129 Å². The molecule has 1 N–H and O–H groups in total. The predicted molar refractivity (Wildman–Crippen MR) is 71.9 cm³/mol. The number of benzene rings is 1. The Bertz CT molecular complexity index is 538. The van der Waals surface area contributed by atoms with Crippen LogP contribution in [0.3, 0.4) is 0 Å². The van der Waals surface area contributed by atoms with Crippen LogP contribution in [0.4, 0.5) is 22.0 Å². The molecule has 4 nitrogen and oxygen atoms in total. The van der Waals surface area contributed by atoms with Crippen molar-refractivity contribution in [2.45, 2.75) is 31.5 Å². The van der Waals surface area contributed by atoms with Gasteiger partial charge in [-0.2, -0.15) is 22.0 Å². The fourth-order valence-electron chi connectivity index (χ4n) is 1.93. The molecule has 1 atom stereocenters. The van der Waals surface area contributed by atoms with E-state index in [9.17, 15) is 26.7 Å². The molecule has 0 spiro atoms. The zero-order valence-corrected chi connectivity index (χ0v) is 12.6. The summed E-state index contributed by atoms with van der Waals surface area (Å²) in [5, 5.41) is 1.66. The van der Waals surface area contributed by atoms with Crippen molar-refractivity contribution >= 4 is 5.91 Å². The van der Waals surface area contributed by atoms with Crippen LogP contribution in [0.25, 0.3) is 0 Å². The first-order valence-corrected chi connectivity index (χ1v) is 6.50. The van der Waals surface area contributed by atoms with Crippen molar-refractivity contribution in [1.82, 2.24) is 5.32 Å². The Morgan fingerprint density at radius 2 is 1.61 bits per heavy atom. The van der Waals surface area contributed by atoms with Crippen LogP contribution in [0.5, 0.6) is 11.5 Å². The number of halogens is 5. The van der Waals surface area contributed by atoms with Crippen molar-refractivity contribution in [3.63, 3.8) is 0 Å². The number of rotatable bonds is 6. The third-order valence-corrected chi connectivity index (χ3v) is 3.06. The molecule has 0 aliphatic carbocycles. The van der Waals surface area contributed by atoms with E-state index < -0.39 is 24.0 Å². The van der Waals surface area contributed by atoms with E-state index in [0.29, 0.717) is 17.1 Å². The summed E-state index contributed by atoms with van der Waals surface area (Å²) in [6.45, 7) is 1.30. The van der Waals surface area contributed by atoms with Gasteiger partial charge in [0.25, 0.3) is 0 Å². The molecule has 23 heavy (non-hydrogen) atoms. The number of nitrogens with one attached hydrogen (secondary N) is 1. The second-order valence-electron chi connectivity index (χ2n) is 4.79. The second-order valence-corrected chi connectivity index (χ2v) is 4.79. The van der Waals surface area contributed by atoms with Crippen LogP contribution in [0, 0.1) is 0 Å². The minimum Gasteiger partial charge on any atom is -0.496 e. The molecule has 1 aromatic carbocycles. The summed E-state index contributed by atoms with van der Waals surface area (Å²) in [4.78, 5) is 11.2. The highest BCUT2D eigenvalue weighted by Gasteiger charge is 2.63. The maximum absolute atomic E-state index is 12.9. The van der Waals surface area contributed by atoms with Crippen molar-refractivity contribution in [2.24, 2.45) is 0 Å². The normalized spacial score (nSPS) is 13.4. The van der Waals surface area contributed by atoms with Crippen molar-refractivity contribution in [3.8, 4) is 11.5 Å². The van der Waals surface area contributed by atoms with Gasteiger partial charge in [-0.3, -0.25) is 4.79 Å². The molecule has 1 rings (SSSR count). The fourth-order valence-corrected chi connectivity index (χ4v) is 1.93. The first kappa shape index (κ1) is 19.0.